The number of hydrogen-bond donors (Lipinski definition) is 0. The van der Waals surface area contributed by atoms with Gasteiger partial charge in [-0.2, -0.15) is 0 Å². The summed E-state index contributed by atoms with van der Waals surface area (Å²) in [5, 5.41) is 0. The maximum atomic E-state index is 2.52. The normalized spacial score (nSPS) is 11.5. The smallest absolute Gasteiger partial charge is 0.0482 e. The van der Waals surface area contributed by atoms with Crippen molar-refractivity contribution in [3.05, 3.63) is 42.2 Å². The average molecular weight is 230 g/mol. The van der Waals surface area contributed by atoms with Crippen LogP contribution < -0.4 is 0 Å². The lowest BCUT2D eigenvalue weighted by atomic mass is 10.2. The Kier molecular flexibility index (Phi) is 4.21. The standard InChI is InChI=1S/C15H22N2/c1-3-10-16(4-2)12-8-14-9-13-17-11-6-5-7-15(14)17/h5-7,9,11,13H,3-4,8,10,12H2,1-2H3. The minimum Gasteiger partial charge on any atom is -0.324 e. The number of hydrogen-bond acceptors (Lipinski definition) is 1. The molecule has 2 aromatic heterocycles. The van der Waals surface area contributed by atoms with Crippen LogP contribution in [-0.2, 0) is 6.42 Å². The first-order valence-corrected chi connectivity index (χ1v) is 6.62. The number of fused-ring (bicyclic) bond motifs is 1. The van der Waals surface area contributed by atoms with Gasteiger partial charge in [0.1, 0.15) is 0 Å². The largest absolute Gasteiger partial charge is 0.324 e. The molecule has 0 radical (unpaired) electrons. The van der Waals surface area contributed by atoms with Crippen LogP contribution in [0, 0.1) is 0 Å². The van der Waals surface area contributed by atoms with E-state index in [2.05, 4.69) is 59.8 Å². The molecule has 0 amide bonds. The molecule has 0 bridgehead atoms. The van der Waals surface area contributed by atoms with Crippen LogP contribution in [0.1, 0.15) is 25.8 Å². The molecule has 0 aliphatic carbocycles. The van der Waals surface area contributed by atoms with Gasteiger partial charge in [0.2, 0.25) is 0 Å². The molecule has 0 spiro atoms. The summed E-state index contributed by atoms with van der Waals surface area (Å²) in [5.74, 6) is 0. The Morgan fingerprint density at radius 2 is 1.94 bits per heavy atom. The summed E-state index contributed by atoms with van der Waals surface area (Å²) in [7, 11) is 0. The quantitative estimate of drug-likeness (QED) is 0.739. The van der Waals surface area contributed by atoms with Gasteiger partial charge in [0, 0.05) is 24.5 Å². The van der Waals surface area contributed by atoms with Crippen molar-refractivity contribution in [1.82, 2.24) is 9.30 Å². The van der Waals surface area contributed by atoms with E-state index in [4.69, 9.17) is 0 Å². The minimum absolute atomic E-state index is 1.15. The monoisotopic (exact) mass is 230 g/mol. The Hall–Kier alpha value is -1.28. The predicted octanol–water partition coefficient (Wildman–Crippen LogP) is 3.21. The molecule has 0 aliphatic heterocycles. The molecular weight excluding hydrogens is 208 g/mol. The molecule has 0 saturated heterocycles. The highest BCUT2D eigenvalue weighted by Crippen LogP contribution is 2.13. The molecular formula is C15H22N2. The summed E-state index contributed by atoms with van der Waals surface area (Å²) >= 11 is 0. The zero-order valence-electron chi connectivity index (χ0n) is 10.9. The van der Waals surface area contributed by atoms with Crippen LogP contribution in [-0.4, -0.2) is 28.9 Å². The number of nitrogens with zero attached hydrogens (tertiary/aromatic N) is 2. The first-order valence-electron chi connectivity index (χ1n) is 6.62. The summed E-state index contributed by atoms with van der Waals surface area (Å²) < 4.78 is 2.20. The highest BCUT2D eigenvalue weighted by molar-refractivity contribution is 5.55. The highest BCUT2D eigenvalue weighted by atomic mass is 15.1. The van der Waals surface area contributed by atoms with Gasteiger partial charge in [0.05, 0.1) is 0 Å². The molecule has 0 aromatic carbocycles. The molecule has 0 aliphatic rings. The molecule has 0 saturated carbocycles. The van der Waals surface area contributed by atoms with Crippen LogP contribution in [0.15, 0.2) is 36.7 Å². The van der Waals surface area contributed by atoms with Gasteiger partial charge in [-0.1, -0.05) is 19.9 Å². The molecule has 0 fully saturated rings. The summed E-state index contributed by atoms with van der Waals surface area (Å²) in [6.45, 7) is 8.02. The Labute approximate surface area is 104 Å². The van der Waals surface area contributed by atoms with E-state index in [0.717, 1.165) is 13.0 Å². The van der Waals surface area contributed by atoms with E-state index in [-0.39, 0.29) is 0 Å². The fraction of sp³-hybridized carbons (Fsp3) is 0.467. The Bertz CT molecular complexity index is 459. The van der Waals surface area contributed by atoms with E-state index in [1.54, 1.807) is 0 Å². The van der Waals surface area contributed by atoms with E-state index in [0.29, 0.717) is 0 Å². The molecule has 0 N–H and O–H groups in total. The van der Waals surface area contributed by atoms with Gasteiger partial charge in [-0.25, -0.2) is 0 Å². The lowest BCUT2D eigenvalue weighted by Gasteiger charge is -2.19. The Morgan fingerprint density at radius 1 is 1.06 bits per heavy atom. The van der Waals surface area contributed by atoms with Gasteiger partial charge in [-0.3, -0.25) is 0 Å². The molecule has 2 nitrogen and oxygen atoms in total. The first kappa shape index (κ1) is 12.2. The first-order chi connectivity index (χ1) is 8.35. The minimum atomic E-state index is 1.15. The van der Waals surface area contributed by atoms with Crippen molar-refractivity contribution in [3.8, 4) is 0 Å². The van der Waals surface area contributed by atoms with Crippen LogP contribution in [0.5, 0.6) is 0 Å². The molecule has 2 heteroatoms. The number of pyridine rings is 1. The van der Waals surface area contributed by atoms with Crippen molar-refractivity contribution < 1.29 is 0 Å². The molecule has 92 valence electrons. The lowest BCUT2D eigenvalue weighted by Crippen LogP contribution is -2.26. The van der Waals surface area contributed by atoms with E-state index < -0.39 is 0 Å². The van der Waals surface area contributed by atoms with E-state index >= 15 is 0 Å². The van der Waals surface area contributed by atoms with Crippen molar-refractivity contribution in [2.45, 2.75) is 26.7 Å². The number of rotatable bonds is 6. The van der Waals surface area contributed by atoms with E-state index in [9.17, 15) is 0 Å². The Balaban J connectivity index is 2.03. The van der Waals surface area contributed by atoms with Crippen molar-refractivity contribution in [2.75, 3.05) is 19.6 Å². The van der Waals surface area contributed by atoms with Gasteiger partial charge in [0.25, 0.3) is 0 Å². The van der Waals surface area contributed by atoms with Gasteiger partial charge >= 0.3 is 0 Å². The van der Waals surface area contributed by atoms with Crippen LogP contribution in [0.25, 0.3) is 5.52 Å². The fourth-order valence-corrected chi connectivity index (χ4v) is 2.35. The number of likely N-dealkylation sites (N-methyl/N-ethyl adjacent to an activating group) is 1. The second-order valence-electron chi connectivity index (χ2n) is 4.52. The molecule has 0 atom stereocenters. The van der Waals surface area contributed by atoms with Gasteiger partial charge in [0.15, 0.2) is 0 Å². The third-order valence-electron chi connectivity index (χ3n) is 3.34. The zero-order valence-corrected chi connectivity index (χ0v) is 10.9. The molecule has 17 heavy (non-hydrogen) atoms. The Morgan fingerprint density at radius 3 is 2.71 bits per heavy atom. The molecule has 2 aromatic rings. The SMILES string of the molecule is CCCN(CC)CCc1ccn2ccccc12. The second kappa shape index (κ2) is 5.87. The van der Waals surface area contributed by atoms with Crippen molar-refractivity contribution in [1.29, 1.82) is 0 Å². The summed E-state index contributed by atoms with van der Waals surface area (Å²) in [6, 6.07) is 8.63. The van der Waals surface area contributed by atoms with E-state index in [1.165, 1.54) is 30.6 Å². The number of aromatic nitrogens is 1. The van der Waals surface area contributed by atoms with Crippen LogP contribution in [0.4, 0.5) is 0 Å². The summed E-state index contributed by atoms with van der Waals surface area (Å²) in [5.41, 5.74) is 2.81. The van der Waals surface area contributed by atoms with E-state index in [1.807, 2.05) is 0 Å². The van der Waals surface area contributed by atoms with Crippen molar-refractivity contribution in [3.63, 3.8) is 0 Å². The van der Waals surface area contributed by atoms with Gasteiger partial charge in [-0.15, -0.1) is 0 Å². The van der Waals surface area contributed by atoms with Crippen molar-refractivity contribution >= 4 is 5.52 Å². The predicted molar refractivity (Wildman–Crippen MR) is 73.5 cm³/mol. The summed E-state index contributed by atoms with van der Waals surface area (Å²) in [4.78, 5) is 2.52. The highest BCUT2D eigenvalue weighted by Gasteiger charge is 2.04. The zero-order chi connectivity index (χ0) is 12.1. The van der Waals surface area contributed by atoms with Crippen LogP contribution in [0.2, 0.25) is 0 Å². The third kappa shape index (κ3) is 2.89. The average Bonchev–Trinajstić information content (AvgIpc) is 2.78. The maximum absolute atomic E-state index is 2.52. The second-order valence-corrected chi connectivity index (χ2v) is 4.52. The summed E-state index contributed by atoms with van der Waals surface area (Å²) in [6.07, 6.45) is 6.65. The van der Waals surface area contributed by atoms with Crippen LogP contribution >= 0.6 is 0 Å². The topological polar surface area (TPSA) is 7.65 Å². The van der Waals surface area contributed by atoms with Crippen LogP contribution in [0.3, 0.4) is 0 Å². The third-order valence-corrected chi connectivity index (χ3v) is 3.34. The lowest BCUT2D eigenvalue weighted by molar-refractivity contribution is 0.293. The fourth-order valence-electron chi connectivity index (χ4n) is 2.35. The molecule has 0 unspecified atom stereocenters. The van der Waals surface area contributed by atoms with Crippen molar-refractivity contribution in [2.24, 2.45) is 0 Å². The van der Waals surface area contributed by atoms with Gasteiger partial charge < -0.3 is 9.30 Å². The maximum Gasteiger partial charge on any atom is 0.0482 e. The molecule has 2 rings (SSSR count). The molecule has 2 heterocycles. The van der Waals surface area contributed by atoms with Gasteiger partial charge in [-0.05, 0) is 49.7 Å².